The lowest BCUT2D eigenvalue weighted by Crippen LogP contribution is -2.21. The number of aryl methyl sites for hydroxylation is 1. The Kier molecular flexibility index (Phi) is 4.85. The fourth-order valence-corrected chi connectivity index (χ4v) is 3.85. The zero-order valence-corrected chi connectivity index (χ0v) is 15.5. The van der Waals surface area contributed by atoms with Crippen molar-refractivity contribution in [3.8, 4) is 11.5 Å². The van der Waals surface area contributed by atoms with Crippen LogP contribution in [0.3, 0.4) is 0 Å². The quantitative estimate of drug-likeness (QED) is 0.752. The second-order valence-corrected chi connectivity index (χ2v) is 6.97. The van der Waals surface area contributed by atoms with Crippen molar-refractivity contribution in [1.82, 2.24) is 9.88 Å². The van der Waals surface area contributed by atoms with Crippen molar-refractivity contribution in [1.29, 1.82) is 0 Å². The highest BCUT2D eigenvalue weighted by Crippen LogP contribution is 2.31. The molecule has 1 aliphatic rings. The molecule has 0 radical (unpaired) electrons. The molecule has 1 N–H and O–H groups in total. The van der Waals surface area contributed by atoms with Gasteiger partial charge < -0.3 is 19.4 Å². The molecule has 0 fully saturated rings. The van der Waals surface area contributed by atoms with E-state index >= 15 is 0 Å². The molecule has 0 amide bonds. The van der Waals surface area contributed by atoms with Gasteiger partial charge in [-0.25, -0.2) is 0 Å². The molecule has 4 rings (SSSR count). The van der Waals surface area contributed by atoms with Crippen molar-refractivity contribution in [3.63, 3.8) is 0 Å². The molecule has 0 aliphatic carbocycles. The van der Waals surface area contributed by atoms with Gasteiger partial charge in [0.2, 0.25) is 0 Å². The predicted molar refractivity (Wildman–Crippen MR) is 105 cm³/mol. The number of benzene rings is 2. The van der Waals surface area contributed by atoms with E-state index < -0.39 is 0 Å². The number of aromatic nitrogens is 1. The summed E-state index contributed by atoms with van der Waals surface area (Å²) >= 11 is 0. The summed E-state index contributed by atoms with van der Waals surface area (Å²) in [6.07, 6.45) is 0.973. The van der Waals surface area contributed by atoms with Crippen LogP contribution in [0.1, 0.15) is 23.6 Å². The van der Waals surface area contributed by atoms with Crippen LogP contribution in [0.5, 0.6) is 11.5 Å². The largest absolute Gasteiger partial charge is 0.493 e. The van der Waals surface area contributed by atoms with Crippen molar-refractivity contribution in [2.45, 2.75) is 25.8 Å². The van der Waals surface area contributed by atoms with Crippen LogP contribution < -0.4 is 14.8 Å². The van der Waals surface area contributed by atoms with Gasteiger partial charge in [-0.2, -0.15) is 0 Å². The van der Waals surface area contributed by atoms with Gasteiger partial charge in [0.15, 0.2) is 11.5 Å². The number of hydrogen-bond donors (Lipinski definition) is 1. The van der Waals surface area contributed by atoms with Gasteiger partial charge in [0.05, 0.1) is 13.7 Å². The molecule has 3 aromatic rings. The van der Waals surface area contributed by atoms with Crippen molar-refractivity contribution in [2.75, 3.05) is 26.8 Å². The van der Waals surface area contributed by atoms with E-state index in [1.807, 2.05) is 12.1 Å². The van der Waals surface area contributed by atoms with Crippen molar-refractivity contribution in [3.05, 3.63) is 59.8 Å². The molecule has 2 heterocycles. The molecule has 0 saturated carbocycles. The first-order chi connectivity index (χ1) is 12.8. The highest BCUT2D eigenvalue weighted by Gasteiger charge is 2.21. The molecule has 136 valence electrons. The lowest BCUT2D eigenvalue weighted by Gasteiger charge is -2.17. The van der Waals surface area contributed by atoms with Gasteiger partial charge in [-0.05, 0) is 48.6 Å². The lowest BCUT2D eigenvalue weighted by molar-refractivity contribution is 0.277. The van der Waals surface area contributed by atoms with E-state index in [0.717, 1.165) is 37.6 Å². The van der Waals surface area contributed by atoms with Crippen LogP contribution >= 0.6 is 0 Å². The molecule has 1 atom stereocenters. The van der Waals surface area contributed by atoms with E-state index in [0.29, 0.717) is 12.5 Å². The monoisotopic (exact) mass is 350 g/mol. The van der Waals surface area contributed by atoms with Gasteiger partial charge >= 0.3 is 0 Å². The first kappa shape index (κ1) is 17.0. The minimum atomic E-state index is 0.446. The van der Waals surface area contributed by atoms with Gasteiger partial charge in [0, 0.05) is 36.8 Å². The van der Waals surface area contributed by atoms with E-state index in [-0.39, 0.29) is 0 Å². The molecule has 1 unspecified atom stereocenters. The molecule has 0 bridgehead atoms. The molecule has 26 heavy (non-hydrogen) atoms. The number of nitrogens with zero attached hydrogens (tertiary/aromatic N) is 1. The highest BCUT2D eigenvalue weighted by atomic mass is 16.5. The van der Waals surface area contributed by atoms with Gasteiger partial charge in [-0.15, -0.1) is 0 Å². The van der Waals surface area contributed by atoms with Crippen LogP contribution in [0.2, 0.25) is 0 Å². The molecule has 1 aromatic heterocycles. The number of methoxy groups -OCH3 is 1. The fourth-order valence-electron chi connectivity index (χ4n) is 3.85. The highest BCUT2D eigenvalue weighted by molar-refractivity contribution is 5.81. The van der Waals surface area contributed by atoms with E-state index in [1.165, 1.54) is 22.2 Å². The Hall–Kier alpha value is -2.46. The normalized spacial score (nSPS) is 16.9. The predicted octanol–water partition coefficient (Wildman–Crippen LogP) is 4.11. The smallest absolute Gasteiger partial charge is 0.161 e. The average Bonchev–Trinajstić information content (AvgIpc) is 2.91. The third kappa shape index (κ3) is 3.29. The average molecular weight is 350 g/mol. The van der Waals surface area contributed by atoms with Crippen LogP contribution in [-0.4, -0.2) is 31.4 Å². The molecule has 0 saturated heterocycles. The van der Waals surface area contributed by atoms with Crippen molar-refractivity contribution in [2.24, 2.45) is 0 Å². The summed E-state index contributed by atoms with van der Waals surface area (Å²) in [6.45, 7) is 5.75. The summed E-state index contributed by atoms with van der Waals surface area (Å²) in [4.78, 5) is 0. The summed E-state index contributed by atoms with van der Waals surface area (Å²) in [5, 5.41) is 4.90. The van der Waals surface area contributed by atoms with Crippen LogP contribution in [0.25, 0.3) is 10.9 Å². The lowest BCUT2D eigenvalue weighted by atomic mass is 10.0. The number of rotatable bonds is 5. The van der Waals surface area contributed by atoms with Crippen molar-refractivity contribution >= 4 is 10.9 Å². The minimum absolute atomic E-state index is 0.446. The minimum Gasteiger partial charge on any atom is -0.493 e. The summed E-state index contributed by atoms with van der Waals surface area (Å²) in [6, 6.07) is 17.1. The Balaban J connectivity index is 1.51. The number of hydrogen-bond acceptors (Lipinski definition) is 3. The van der Waals surface area contributed by atoms with E-state index in [1.54, 1.807) is 7.11 Å². The Bertz CT molecular complexity index is 900. The molecule has 1 aliphatic heterocycles. The Morgan fingerprint density at radius 1 is 1.12 bits per heavy atom. The number of ether oxygens (including phenoxy) is 2. The third-order valence-corrected chi connectivity index (χ3v) is 5.21. The Labute approximate surface area is 154 Å². The molecule has 4 heteroatoms. The first-order valence-corrected chi connectivity index (χ1v) is 9.32. The maximum atomic E-state index is 6.05. The van der Waals surface area contributed by atoms with E-state index in [9.17, 15) is 0 Å². The maximum Gasteiger partial charge on any atom is 0.161 e. The van der Waals surface area contributed by atoms with Gasteiger partial charge in [-0.1, -0.05) is 24.3 Å². The number of para-hydroxylation sites is 1. The Morgan fingerprint density at radius 2 is 2.00 bits per heavy atom. The third-order valence-electron chi connectivity index (χ3n) is 5.21. The van der Waals surface area contributed by atoms with Gasteiger partial charge in [-0.3, -0.25) is 0 Å². The molecular formula is C22H26N2O2. The second-order valence-electron chi connectivity index (χ2n) is 6.97. The van der Waals surface area contributed by atoms with Crippen molar-refractivity contribution < 1.29 is 9.47 Å². The second kappa shape index (κ2) is 7.42. The summed E-state index contributed by atoms with van der Waals surface area (Å²) in [5.74, 6) is 2.07. The van der Waals surface area contributed by atoms with Crippen LogP contribution in [0, 0.1) is 6.92 Å². The zero-order valence-electron chi connectivity index (χ0n) is 15.5. The zero-order chi connectivity index (χ0) is 17.9. The fraction of sp³-hybridized carbons (Fsp3) is 0.364. The molecule has 2 aromatic carbocycles. The Morgan fingerprint density at radius 3 is 2.88 bits per heavy atom. The maximum absolute atomic E-state index is 6.05. The molecule has 4 nitrogen and oxygen atoms in total. The van der Waals surface area contributed by atoms with Gasteiger partial charge in [0.25, 0.3) is 0 Å². The summed E-state index contributed by atoms with van der Waals surface area (Å²) < 4.78 is 14.0. The number of fused-ring (bicyclic) bond motifs is 3. The summed E-state index contributed by atoms with van der Waals surface area (Å²) in [5.41, 5.74) is 3.92. The topological polar surface area (TPSA) is 35.4 Å². The van der Waals surface area contributed by atoms with E-state index in [4.69, 9.17) is 9.47 Å². The number of nitrogens with one attached hydrogen (secondary N) is 1. The molecule has 0 spiro atoms. The van der Waals surface area contributed by atoms with Gasteiger partial charge in [0.1, 0.15) is 0 Å². The van der Waals surface area contributed by atoms with Crippen LogP contribution in [-0.2, 0) is 6.54 Å². The van der Waals surface area contributed by atoms with E-state index in [2.05, 4.69) is 53.2 Å². The molecular weight excluding hydrogens is 324 g/mol. The first-order valence-electron chi connectivity index (χ1n) is 9.32. The van der Waals surface area contributed by atoms with Crippen LogP contribution in [0.15, 0.2) is 48.5 Å². The standard InChI is InChI=1S/C22H26N2O2/c1-16-7-8-21(22(13-16)25-2)26-12-9-18-15-23-10-11-24-19-6-4-3-5-17(19)14-20(18)24/h3-8,13-14,18,23H,9-12,15H2,1-2H3. The SMILES string of the molecule is COc1cc(C)ccc1OCCC1CNCCn2c1cc1ccccc12. The summed E-state index contributed by atoms with van der Waals surface area (Å²) in [7, 11) is 1.69. The van der Waals surface area contributed by atoms with Crippen LogP contribution in [0.4, 0.5) is 0 Å².